The van der Waals surface area contributed by atoms with E-state index in [1.807, 2.05) is 36.4 Å². The Kier molecular flexibility index (Phi) is 5.31. The Morgan fingerprint density at radius 3 is 2.88 bits per heavy atom. The van der Waals surface area contributed by atoms with Gasteiger partial charge in [0.1, 0.15) is 12.4 Å². The molecule has 0 radical (unpaired) electrons. The van der Waals surface area contributed by atoms with Crippen molar-refractivity contribution in [2.24, 2.45) is 10.9 Å². The van der Waals surface area contributed by atoms with Crippen LogP contribution in [0.15, 0.2) is 53.7 Å². The third-order valence-electron chi connectivity index (χ3n) is 4.13. The fraction of sp³-hybridized carbons (Fsp3) is 0.368. The van der Waals surface area contributed by atoms with Crippen molar-refractivity contribution in [1.29, 1.82) is 0 Å². The van der Waals surface area contributed by atoms with Crippen LogP contribution >= 0.6 is 0 Å². The molecule has 3 rings (SSSR count). The number of benzene rings is 1. The number of ether oxygens (including phenoxy) is 1. The molecule has 2 atom stereocenters. The molecule has 2 N–H and O–H groups in total. The van der Waals surface area contributed by atoms with Gasteiger partial charge < -0.3 is 15.4 Å². The molecule has 0 aliphatic heterocycles. The van der Waals surface area contributed by atoms with Gasteiger partial charge in [-0.2, -0.15) is 0 Å². The number of nitrogens with zero attached hydrogens (tertiary/aromatic N) is 2. The maximum absolute atomic E-state index is 5.82. The molecule has 1 heterocycles. The van der Waals surface area contributed by atoms with Gasteiger partial charge in [0.2, 0.25) is 0 Å². The second-order valence-corrected chi connectivity index (χ2v) is 6.15. The van der Waals surface area contributed by atoms with Crippen molar-refractivity contribution < 1.29 is 4.74 Å². The zero-order valence-corrected chi connectivity index (χ0v) is 14.2. The zero-order chi connectivity index (χ0) is 16.8. The second-order valence-electron chi connectivity index (χ2n) is 6.15. The minimum Gasteiger partial charge on any atom is -0.487 e. The largest absolute Gasteiger partial charge is 0.487 e. The highest BCUT2D eigenvalue weighted by Crippen LogP contribution is 2.28. The summed E-state index contributed by atoms with van der Waals surface area (Å²) in [6.45, 7) is 3.43. The minimum atomic E-state index is 0.473. The first-order valence-corrected chi connectivity index (χ1v) is 8.33. The molecule has 2 unspecified atom stereocenters. The van der Waals surface area contributed by atoms with E-state index >= 15 is 0 Å². The van der Waals surface area contributed by atoms with E-state index in [0.717, 1.165) is 28.9 Å². The van der Waals surface area contributed by atoms with E-state index in [9.17, 15) is 0 Å². The number of guanidine groups is 1. The van der Waals surface area contributed by atoms with Gasteiger partial charge in [0.15, 0.2) is 5.96 Å². The van der Waals surface area contributed by atoms with Gasteiger partial charge in [0.25, 0.3) is 0 Å². The molecule has 0 spiro atoms. The summed E-state index contributed by atoms with van der Waals surface area (Å²) in [6.07, 6.45) is 3.00. The molecular formula is C19H24N4O. The number of hydrogen-bond donors (Lipinski definition) is 2. The number of nitrogens with one attached hydrogen (secondary N) is 2. The fourth-order valence-corrected chi connectivity index (χ4v) is 2.47. The lowest BCUT2D eigenvalue weighted by molar-refractivity contribution is 0.301. The zero-order valence-electron chi connectivity index (χ0n) is 14.2. The van der Waals surface area contributed by atoms with E-state index in [4.69, 9.17) is 4.74 Å². The molecule has 0 amide bonds. The van der Waals surface area contributed by atoms with Crippen LogP contribution in [0.1, 0.15) is 24.6 Å². The van der Waals surface area contributed by atoms with Crippen molar-refractivity contribution >= 4 is 5.96 Å². The van der Waals surface area contributed by atoms with Gasteiger partial charge in [-0.1, -0.05) is 25.1 Å². The van der Waals surface area contributed by atoms with Gasteiger partial charge in [-0.25, -0.2) is 0 Å². The van der Waals surface area contributed by atoms with Crippen LogP contribution in [0.5, 0.6) is 5.75 Å². The van der Waals surface area contributed by atoms with Crippen LogP contribution in [0.4, 0.5) is 0 Å². The van der Waals surface area contributed by atoms with Crippen molar-refractivity contribution in [1.82, 2.24) is 15.6 Å². The predicted molar refractivity (Wildman–Crippen MR) is 95.9 cm³/mol. The van der Waals surface area contributed by atoms with Crippen LogP contribution in [-0.4, -0.2) is 24.0 Å². The lowest BCUT2D eigenvalue weighted by Gasteiger charge is -2.12. The predicted octanol–water partition coefficient (Wildman–Crippen LogP) is 2.73. The molecule has 1 saturated carbocycles. The lowest BCUT2D eigenvalue weighted by atomic mass is 10.2. The topological polar surface area (TPSA) is 58.5 Å². The molecule has 0 saturated heterocycles. The molecule has 0 bridgehead atoms. The highest BCUT2D eigenvalue weighted by atomic mass is 16.5. The van der Waals surface area contributed by atoms with Crippen molar-refractivity contribution in [3.63, 3.8) is 0 Å². The van der Waals surface area contributed by atoms with Gasteiger partial charge in [0.05, 0.1) is 5.69 Å². The number of rotatable bonds is 6. The molecule has 5 nitrogen and oxygen atoms in total. The van der Waals surface area contributed by atoms with Crippen molar-refractivity contribution in [2.75, 3.05) is 7.05 Å². The highest BCUT2D eigenvalue weighted by molar-refractivity contribution is 5.80. The molecule has 5 heteroatoms. The smallest absolute Gasteiger partial charge is 0.191 e. The first kappa shape index (κ1) is 16.3. The number of hydrogen-bond acceptors (Lipinski definition) is 3. The Hall–Kier alpha value is -2.56. The van der Waals surface area contributed by atoms with Gasteiger partial charge in [-0.05, 0) is 42.2 Å². The molecule has 126 valence electrons. The Morgan fingerprint density at radius 2 is 2.17 bits per heavy atom. The monoisotopic (exact) mass is 324 g/mol. The fourth-order valence-electron chi connectivity index (χ4n) is 2.47. The average Bonchev–Trinajstić information content (AvgIpc) is 3.33. The summed E-state index contributed by atoms with van der Waals surface area (Å²) >= 11 is 0. The normalized spacial score (nSPS) is 19.7. The number of aromatic nitrogens is 1. The van der Waals surface area contributed by atoms with E-state index in [-0.39, 0.29) is 0 Å². The molecule has 1 aliphatic rings. The minimum absolute atomic E-state index is 0.473. The Bertz CT molecular complexity index is 687. The number of pyridine rings is 1. The van der Waals surface area contributed by atoms with Crippen LogP contribution in [0.25, 0.3) is 0 Å². The summed E-state index contributed by atoms with van der Waals surface area (Å²) in [5.41, 5.74) is 2.07. The second kappa shape index (κ2) is 7.81. The molecule has 24 heavy (non-hydrogen) atoms. The third kappa shape index (κ3) is 4.72. The summed E-state index contributed by atoms with van der Waals surface area (Å²) in [5, 5.41) is 6.77. The highest BCUT2D eigenvalue weighted by Gasteiger charge is 2.33. The van der Waals surface area contributed by atoms with E-state index < -0.39 is 0 Å². The standard InChI is InChI=1S/C19H24N4O/c1-14-10-18(14)23-19(20-2)22-12-15-6-5-8-17(11-15)24-13-16-7-3-4-9-21-16/h3-9,11,14,18H,10,12-13H2,1-2H3,(H2,20,22,23). The molecular weight excluding hydrogens is 300 g/mol. The van der Waals surface area contributed by atoms with Crippen molar-refractivity contribution in [3.05, 3.63) is 59.9 Å². The van der Waals surface area contributed by atoms with Crippen LogP contribution in [0, 0.1) is 5.92 Å². The first-order chi connectivity index (χ1) is 11.7. The quantitative estimate of drug-likeness (QED) is 0.634. The summed E-state index contributed by atoms with van der Waals surface area (Å²) in [7, 11) is 1.80. The Balaban J connectivity index is 1.51. The SMILES string of the molecule is CN=C(NCc1cccc(OCc2ccccn2)c1)NC1CC1C. The van der Waals surface area contributed by atoms with E-state index in [1.54, 1.807) is 13.2 Å². The third-order valence-corrected chi connectivity index (χ3v) is 4.13. The summed E-state index contributed by atoms with van der Waals surface area (Å²) in [6, 6.07) is 14.5. The number of aliphatic imine (C=N–C) groups is 1. The summed E-state index contributed by atoms with van der Waals surface area (Å²) in [5.74, 6) is 2.44. The lowest BCUT2D eigenvalue weighted by Crippen LogP contribution is -2.38. The molecule has 1 fully saturated rings. The van der Waals surface area contributed by atoms with Crippen molar-refractivity contribution in [2.45, 2.75) is 32.5 Å². The first-order valence-electron chi connectivity index (χ1n) is 8.33. The van der Waals surface area contributed by atoms with Crippen LogP contribution < -0.4 is 15.4 Å². The molecule has 1 aromatic heterocycles. The summed E-state index contributed by atoms with van der Waals surface area (Å²) < 4.78 is 5.82. The molecule has 2 aromatic rings. The Labute approximate surface area is 143 Å². The van der Waals surface area contributed by atoms with Gasteiger partial charge in [0, 0.05) is 25.8 Å². The van der Waals surface area contributed by atoms with Crippen LogP contribution in [0.3, 0.4) is 0 Å². The molecule has 1 aromatic carbocycles. The van der Waals surface area contributed by atoms with E-state index in [2.05, 4.69) is 33.6 Å². The van der Waals surface area contributed by atoms with Gasteiger partial charge >= 0.3 is 0 Å². The van der Waals surface area contributed by atoms with E-state index in [1.165, 1.54) is 6.42 Å². The van der Waals surface area contributed by atoms with Gasteiger partial charge in [-0.15, -0.1) is 0 Å². The van der Waals surface area contributed by atoms with Gasteiger partial charge in [-0.3, -0.25) is 9.98 Å². The van der Waals surface area contributed by atoms with E-state index in [0.29, 0.717) is 19.2 Å². The maximum atomic E-state index is 5.82. The molecule has 1 aliphatic carbocycles. The van der Waals surface area contributed by atoms with Crippen LogP contribution in [-0.2, 0) is 13.2 Å². The summed E-state index contributed by atoms with van der Waals surface area (Å²) in [4.78, 5) is 8.54. The van der Waals surface area contributed by atoms with Crippen LogP contribution in [0.2, 0.25) is 0 Å². The maximum Gasteiger partial charge on any atom is 0.191 e. The Morgan fingerprint density at radius 1 is 1.29 bits per heavy atom. The van der Waals surface area contributed by atoms with Crippen molar-refractivity contribution in [3.8, 4) is 5.75 Å². The average molecular weight is 324 g/mol.